The first-order valence-electron chi connectivity index (χ1n) is 19.2. The minimum Gasteiger partial charge on any atom is -0.507 e. The Labute approximate surface area is 295 Å². The Hall–Kier alpha value is -1.81. The van der Waals surface area contributed by atoms with Crippen molar-refractivity contribution in [2.45, 2.75) is 182 Å². The molecule has 0 aromatic heterocycles. The molecule has 0 bridgehead atoms. The normalized spacial score (nSPS) is 12.4. The molecule has 0 atom stereocenters. The number of unbranched alkanes of at least 4 members (excludes halogenated alkanes) is 14. The zero-order valence-corrected chi connectivity index (χ0v) is 33.1. The average Bonchev–Trinajstić information content (AvgIpc) is 3.00. The first-order valence-corrected chi connectivity index (χ1v) is 20.4. The van der Waals surface area contributed by atoms with Crippen LogP contribution in [0, 0.1) is 13.8 Å². The summed E-state index contributed by atoms with van der Waals surface area (Å²) in [6.45, 7) is 18.0. The fourth-order valence-corrected chi connectivity index (χ4v) is 7.18. The largest absolute Gasteiger partial charge is 0.507 e. The number of aryl methyl sites for hydroxylation is 4. The van der Waals surface area contributed by atoms with Gasteiger partial charge in [-0.15, -0.1) is 0 Å². The van der Waals surface area contributed by atoms with Crippen molar-refractivity contribution in [1.29, 1.82) is 0 Å². The van der Waals surface area contributed by atoms with E-state index in [0.29, 0.717) is 24.7 Å². The highest BCUT2D eigenvalue weighted by molar-refractivity contribution is 7.33. The predicted molar refractivity (Wildman–Crippen MR) is 205 cm³/mol. The fraction of sp³-hybridized carbons (Fsp3) is 0.714. The molecule has 274 valence electrons. The van der Waals surface area contributed by atoms with Crippen LogP contribution < -0.4 is 0 Å². The molecule has 2 rings (SSSR count). The lowest BCUT2D eigenvalue weighted by Crippen LogP contribution is -2.12. The molecule has 0 spiro atoms. The van der Waals surface area contributed by atoms with Crippen LogP contribution in [-0.4, -0.2) is 23.4 Å². The molecule has 0 aliphatic rings. The second kappa shape index (κ2) is 22.1. The van der Waals surface area contributed by atoms with Gasteiger partial charge in [0.25, 0.3) is 0 Å². The smallest absolute Gasteiger partial charge is 0.319 e. The number of phenols is 2. The van der Waals surface area contributed by atoms with Crippen LogP contribution in [-0.2, 0) is 37.3 Å². The third-order valence-corrected chi connectivity index (χ3v) is 10.4. The lowest BCUT2D eigenvalue weighted by atomic mass is 9.83. The van der Waals surface area contributed by atoms with Crippen LogP contribution in [0.15, 0.2) is 24.3 Å². The lowest BCUT2D eigenvalue weighted by Gasteiger charge is -2.22. The number of hydrogen-bond donors (Lipinski definition) is 2. The molecule has 0 amide bonds. The Morgan fingerprint density at radius 2 is 0.792 bits per heavy atom. The molecule has 0 aliphatic carbocycles. The highest BCUT2D eigenvalue weighted by Crippen LogP contribution is 2.36. The van der Waals surface area contributed by atoms with Crippen molar-refractivity contribution in [2.24, 2.45) is 0 Å². The molecular formula is C42H71O5P. The molecule has 0 unspecified atom stereocenters. The van der Waals surface area contributed by atoms with Crippen LogP contribution in [0.25, 0.3) is 0 Å². The van der Waals surface area contributed by atoms with Gasteiger partial charge in [0.1, 0.15) is 11.5 Å². The van der Waals surface area contributed by atoms with Crippen molar-refractivity contribution < 1.29 is 23.8 Å². The SMILES string of the molecule is Cc1cc(CCCCCCCCCCO[PH](=O)OCCCCCCCCCCc2cc(C)c(O)c(C(C)(C)C)c2)cc(C(C)(C)C)c1O. The van der Waals surface area contributed by atoms with Crippen LogP contribution in [0.3, 0.4) is 0 Å². The molecule has 0 aliphatic heterocycles. The van der Waals surface area contributed by atoms with Crippen molar-refractivity contribution in [2.75, 3.05) is 13.2 Å². The van der Waals surface area contributed by atoms with Gasteiger partial charge in [0, 0.05) is 0 Å². The van der Waals surface area contributed by atoms with Crippen molar-refractivity contribution in [3.05, 3.63) is 57.6 Å². The van der Waals surface area contributed by atoms with Crippen LogP contribution in [0.4, 0.5) is 0 Å². The lowest BCUT2D eigenvalue weighted by molar-refractivity contribution is 0.218. The van der Waals surface area contributed by atoms with E-state index in [2.05, 4.69) is 65.8 Å². The summed E-state index contributed by atoms with van der Waals surface area (Å²) in [4.78, 5) is 0. The van der Waals surface area contributed by atoms with Crippen LogP contribution >= 0.6 is 8.25 Å². The van der Waals surface area contributed by atoms with Gasteiger partial charge >= 0.3 is 8.25 Å². The summed E-state index contributed by atoms with van der Waals surface area (Å²) in [5.41, 5.74) is 6.65. The fourth-order valence-electron chi connectivity index (χ4n) is 6.48. The van der Waals surface area contributed by atoms with E-state index >= 15 is 0 Å². The van der Waals surface area contributed by atoms with Crippen LogP contribution in [0.1, 0.15) is 178 Å². The summed E-state index contributed by atoms with van der Waals surface area (Å²) in [5.74, 6) is 0.898. The molecule has 2 aromatic carbocycles. The zero-order valence-electron chi connectivity index (χ0n) is 32.1. The molecule has 0 fully saturated rings. The van der Waals surface area contributed by atoms with Crippen molar-refractivity contribution in [1.82, 2.24) is 0 Å². The van der Waals surface area contributed by atoms with E-state index < -0.39 is 8.25 Å². The van der Waals surface area contributed by atoms with E-state index in [1.165, 1.54) is 88.2 Å². The minimum absolute atomic E-state index is 0.0462. The molecular weight excluding hydrogens is 615 g/mol. The number of benzene rings is 2. The van der Waals surface area contributed by atoms with E-state index in [-0.39, 0.29) is 10.8 Å². The summed E-state index contributed by atoms with van der Waals surface area (Å²) in [6, 6.07) is 8.67. The van der Waals surface area contributed by atoms with E-state index in [1.807, 2.05) is 13.8 Å². The maximum Gasteiger partial charge on any atom is 0.319 e. The van der Waals surface area contributed by atoms with Crippen LogP contribution in [0.2, 0.25) is 0 Å². The van der Waals surface area contributed by atoms with Gasteiger partial charge in [-0.2, -0.15) is 0 Å². The summed E-state index contributed by atoms with van der Waals surface area (Å²) in [7, 11) is -2.36. The first kappa shape index (κ1) is 42.4. The van der Waals surface area contributed by atoms with Gasteiger partial charge in [-0.1, -0.05) is 143 Å². The van der Waals surface area contributed by atoms with E-state index in [9.17, 15) is 14.8 Å². The Balaban J connectivity index is 1.36. The van der Waals surface area contributed by atoms with Crippen LogP contribution in [0.5, 0.6) is 11.5 Å². The molecule has 2 aromatic rings. The highest BCUT2D eigenvalue weighted by Gasteiger charge is 2.21. The number of aromatic hydroxyl groups is 2. The second-order valence-electron chi connectivity index (χ2n) is 16.2. The third-order valence-electron chi connectivity index (χ3n) is 9.50. The Bertz CT molecular complexity index is 1130. The van der Waals surface area contributed by atoms with Gasteiger partial charge in [-0.05, 0) is 96.6 Å². The van der Waals surface area contributed by atoms with Gasteiger partial charge in [-0.25, -0.2) is 0 Å². The molecule has 0 saturated carbocycles. The topological polar surface area (TPSA) is 76.0 Å². The molecule has 0 heterocycles. The van der Waals surface area contributed by atoms with Gasteiger partial charge in [0.2, 0.25) is 0 Å². The quantitative estimate of drug-likeness (QED) is 0.0849. The highest BCUT2D eigenvalue weighted by atomic mass is 31.1. The summed E-state index contributed by atoms with van der Waals surface area (Å²) < 4.78 is 22.9. The monoisotopic (exact) mass is 687 g/mol. The Kier molecular flexibility index (Phi) is 19.5. The summed E-state index contributed by atoms with van der Waals surface area (Å²) >= 11 is 0. The van der Waals surface area contributed by atoms with Gasteiger partial charge < -0.3 is 19.3 Å². The van der Waals surface area contributed by atoms with E-state index in [0.717, 1.165) is 60.8 Å². The van der Waals surface area contributed by atoms with E-state index in [4.69, 9.17) is 9.05 Å². The van der Waals surface area contributed by atoms with Crippen molar-refractivity contribution in [3.63, 3.8) is 0 Å². The molecule has 2 N–H and O–H groups in total. The molecule has 0 radical (unpaired) electrons. The van der Waals surface area contributed by atoms with Gasteiger partial charge in [0.15, 0.2) is 0 Å². The van der Waals surface area contributed by atoms with Crippen molar-refractivity contribution in [3.8, 4) is 11.5 Å². The maximum atomic E-state index is 12.0. The minimum atomic E-state index is -2.36. The third kappa shape index (κ3) is 16.7. The average molecular weight is 687 g/mol. The first-order chi connectivity index (χ1) is 22.7. The zero-order chi connectivity index (χ0) is 35.6. The van der Waals surface area contributed by atoms with Gasteiger partial charge in [0.05, 0.1) is 13.2 Å². The standard InChI is InChI=1S/C42H71O5P/c1-33-29-35(31-37(39(33)43)41(3,4)5)25-21-17-13-9-11-15-19-23-27-46-48(45)47-28-24-20-16-12-10-14-18-22-26-36-30-34(2)40(44)38(32-36)42(6,7)8/h29-32,43-44,48H,9-28H2,1-8H3. The van der Waals surface area contributed by atoms with Gasteiger partial charge in [-0.3, -0.25) is 4.57 Å². The maximum absolute atomic E-state index is 12.0. The van der Waals surface area contributed by atoms with E-state index in [1.54, 1.807) is 0 Å². The Morgan fingerprint density at radius 1 is 0.500 bits per heavy atom. The molecule has 48 heavy (non-hydrogen) atoms. The summed E-state index contributed by atoms with van der Waals surface area (Å²) in [5, 5.41) is 20.9. The second-order valence-corrected chi connectivity index (χ2v) is 17.3. The molecule has 5 nitrogen and oxygen atoms in total. The number of hydrogen-bond acceptors (Lipinski definition) is 5. The van der Waals surface area contributed by atoms with Crippen molar-refractivity contribution >= 4 is 8.25 Å². The number of phenolic OH excluding ortho intramolecular Hbond substituents is 2. The number of rotatable bonds is 24. The molecule has 0 saturated heterocycles. The predicted octanol–water partition coefficient (Wildman–Crippen LogP) is 12.8. The Morgan fingerprint density at radius 3 is 1.10 bits per heavy atom. The summed E-state index contributed by atoms with van der Waals surface area (Å²) in [6.07, 6.45) is 21.1. The molecule has 6 heteroatoms.